The predicted molar refractivity (Wildman–Crippen MR) is 76.8 cm³/mol. The van der Waals surface area contributed by atoms with Crippen LogP contribution in [-0.2, 0) is 11.3 Å². The maximum absolute atomic E-state index is 11.6. The molecule has 21 heavy (non-hydrogen) atoms. The highest BCUT2D eigenvalue weighted by Gasteiger charge is 2.10. The van der Waals surface area contributed by atoms with Gasteiger partial charge in [-0.05, 0) is 6.92 Å². The molecule has 2 aromatic rings. The molecule has 0 aliphatic carbocycles. The van der Waals surface area contributed by atoms with Crippen LogP contribution in [0, 0.1) is 0 Å². The zero-order valence-corrected chi connectivity index (χ0v) is 12.1. The molecule has 0 saturated heterocycles. The number of nitrogens with zero attached hydrogens (tertiary/aromatic N) is 4. The molecule has 1 atom stereocenters. The Morgan fingerprint density at radius 2 is 2.33 bits per heavy atom. The molecule has 2 heterocycles. The summed E-state index contributed by atoms with van der Waals surface area (Å²) in [5.74, 6) is -0.330. The van der Waals surface area contributed by atoms with Gasteiger partial charge in [-0.3, -0.25) is 9.48 Å². The lowest BCUT2D eigenvalue weighted by atomic mass is 10.3. The largest absolute Gasteiger partial charge is 0.334 e. The predicted octanol–water partition coefficient (Wildman–Crippen LogP) is 0.0610. The van der Waals surface area contributed by atoms with Gasteiger partial charge in [-0.15, -0.1) is 11.3 Å². The monoisotopic (exact) mass is 309 g/mol. The first kappa shape index (κ1) is 14.9. The molecule has 0 saturated carbocycles. The number of urea groups is 1. The van der Waals surface area contributed by atoms with Gasteiger partial charge in [0.25, 0.3) is 0 Å². The molecule has 0 spiro atoms. The van der Waals surface area contributed by atoms with E-state index in [1.807, 2.05) is 6.92 Å². The van der Waals surface area contributed by atoms with Gasteiger partial charge in [0, 0.05) is 17.6 Å². The Hall–Kier alpha value is -2.49. The Bertz CT molecular complexity index is 569. The molecule has 0 bridgehead atoms. The Balaban J connectivity index is 1.66. The van der Waals surface area contributed by atoms with Crippen molar-refractivity contribution in [1.29, 1.82) is 0 Å². The fourth-order valence-corrected chi connectivity index (χ4v) is 2.08. The van der Waals surface area contributed by atoms with Gasteiger partial charge >= 0.3 is 6.03 Å². The normalized spacial score (nSPS) is 11.7. The summed E-state index contributed by atoms with van der Waals surface area (Å²) in [6, 6.07) is -0.564. The Kier molecular flexibility index (Phi) is 5.21. The molecule has 3 amide bonds. The Labute approximate surface area is 124 Å². The van der Waals surface area contributed by atoms with Crippen LogP contribution < -0.4 is 16.0 Å². The van der Waals surface area contributed by atoms with Crippen molar-refractivity contribution >= 4 is 28.4 Å². The third kappa shape index (κ3) is 5.18. The second-order valence-corrected chi connectivity index (χ2v) is 5.13. The van der Waals surface area contributed by atoms with Gasteiger partial charge in [0.05, 0.1) is 13.1 Å². The lowest BCUT2D eigenvalue weighted by Gasteiger charge is -2.14. The molecular formula is C11H15N7O2S. The van der Waals surface area contributed by atoms with Crippen molar-refractivity contribution in [2.24, 2.45) is 0 Å². The summed E-state index contributed by atoms with van der Waals surface area (Å²) >= 11 is 1.31. The zero-order valence-electron chi connectivity index (χ0n) is 11.3. The molecule has 10 heteroatoms. The first-order chi connectivity index (χ1) is 10.1. The third-order valence-corrected chi connectivity index (χ3v) is 3.08. The Morgan fingerprint density at radius 1 is 1.48 bits per heavy atom. The van der Waals surface area contributed by atoms with Crippen molar-refractivity contribution < 1.29 is 9.59 Å². The quantitative estimate of drug-likeness (QED) is 0.698. The summed E-state index contributed by atoms with van der Waals surface area (Å²) in [6.07, 6.45) is 4.58. The van der Waals surface area contributed by atoms with E-state index in [0.29, 0.717) is 11.7 Å². The summed E-state index contributed by atoms with van der Waals surface area (Å²) in [7, 11) is 0. The van der Waals surface area contributed by atoms with Crippen LogP contribution in [0.2, 0.25) is 0 Å². The van der Waals surface area contributed by atoms with Crippen LogP contribution in [0.25, 0.3) is 0 Å². The number of thiazole rings is 1. The zero-order chi connectivity index (χ0) is 15.1. The second-order valence-electron chi connectivity index (χ2n) is 4.23. The number of aromatic nitrogens is 4. The Morgan fingerprint density at radius 3 is 3.00 bits per heavy atom. The smallest absolute Gasteiger partial charge is 0.315 e. The van der Waals surface area contributed by atoms with Crippen LogP contribution in [-0.4, -0.2) is 44.3 Å². The molecule has 3 N–H and O–H groups in total. The summed E-state index contributed by atoms with van der Waals surface area (Å²) in [4.78, 5) is 30.9. The molecule has 0 unspecified atom stereocenters. The number of carbonyl (C=O) groups excluding carboxylic acids is 2. The number of amides is 3. The number of hydrogen-bond donors (Lipinski definition) is 3. The van der Waals surface area contributed by atoms with E-state index in [1.54, 1.807) is 22.6 Å². The summed E-state index contributed by atoms with van der Waals surface area (Å²) in [5, 5.41) is 13.9. The van der Waals surface area contributed by atoms with Crippen LogP contribution in [0.1, 0.15) is 6.92 Å². The number of hydrogen-bond acceptors (Lipinski definition) is 6. The van der Waals surface area contributed by atoms with Gasteiger partial charge in [0.1, 0.15) is 12.7 Å². The molecule has 0 fully saturated rings. The molecule has 0 radical (unpaired) electrons. The van der Waals surface area contributed by atoms with Gasteiger partial charge < -0.3 is 16.0 Å². The van der Waals surface area contributed by atoms with E-state index in [1.165, 1.54) is 17.7 Å². The lowest BCUT2D eigenvalue weighted by Crippen LogP contribution is -2.45. The number of carbonyl (C=O) groups is 2. The van der Waals surface area contributed by atoms with Crippen molar-refractivity contribution in [2.45, 2.75) is 19.5 Å². The molecular weight excluding hydrogens is 294 g/mol. The fourth-order valence-electron chi connectivity index (χ4n) is 1.54. The molecule has 112 valence electrons. The van der Waals surface area contributed by atoms with E-state index in [4.69, 9.17) is 0 Å². The SMILES string of the molecule is C[C@H](Cn1cncn1)NC(=O)NCC(=O)Nc1nccs1. The summed E-state index contributed by atoms with van der Waals surface area (Å²) in [5.41, 5.74) is 0. The average Bonchev–Trinajstić information content (AvgIpc) is 3.10. The standard InChI is InChI=1S/C11H15N7O2S/c1-8(5-18-7-12-6-15-18)16-10(20)14-4-9(19)17-11-13-2-3-21-11/h2-3,6-8H,4-5H2,1H3,(H,13,17,19)(H2,14,16,20)/t8-/m1/s1. The van der Waals surface area contributed by atoms with Gasteiger partial charge in [-0.25, -0.2) is 14.8 Å². The van der Waals surface area contributed by atoms with E-state index in [2.05, 4.69) is 31.0 Å². The third-order valence-electron chi connectivity index (χ3n) is 2.39. The van der Waals surface area contributed by atoms with E-state index in [-0.39, 0.29) is 18.5 Å². The topological polar surface area (TPSA) is 114 Å². The molecule has 2 aromatic heterocycles. The van der Waals surface area contributed by atoms with Gasteiger partial charge in [-0.2, -0.15) is 5.10 Å². The number of rotatable bonds is 6. The van der Waals surface area contributed by atoms with Crippen molar-refractivity contribution in [1.82, 2.24) is 30.4 Å². The summed E-state index contributed by atoms with van der Waals surface area (Å²) in [6.45, 7) is 2.21. The molecule has 9 nitrogen and oxygen atoms in total. The second kappa shape index (κ2) is 7.33. The van der Waals surface area contributed by atoms with E-state index < -0.39 is 6.03 Å². The van der Waals surface area contributed by atoms with Crippen molar-refractivity contribution in [3.05, 3.63) is 24.2 Å². The van der Waals surface area contributed by atoms with Gasteiger partial charge in [-0.1, -0.05) is 0 Å². The highest BCUT2D eigenvalue weighted by Crippen LogP contribution is 2.09. The first-order valence-electron chi connectivity index (χ1n) is 6.19. The minimum absolute atomic E-state index is 0.124. The van der Waals surface area contributed by atoms with Crippen LogP contribution in [0.5, 0.6) is 0 Å². The van der Waals surface area contributed by atoms with Crippen LogP contribution in [0.15, 0.2) is 24.2 Å². The lowest BCUT2D eigenvalue weighted by molar-refractivity contribution is -0.115. The molecule has 0 aromatic carbocycles. The fraction of sp³-hybridized carbons (Fsp3) is 0.364. The minimum atomic E-state index is -0.420. The maximum atomic E-state index is 11.6. The maximum Gasteiger partial charge on any atom is 0.315 e. The van der Waals surface area contributed by atoms with Crippen molar-refractivity contribution in [3.63, 3.8) is 0 Å². The van der Waals surface area contributed by atoms with Crippen LogP contribution >= 0.6 is 11.3 Å². The van der Waals surface area contributed by atoms with E-state index in [0.717, 1.165) is 0 Å². The minimum Gasteiger partial charge on any atom is -0.334 e. The van der Waals surface area contributed by atoms with Gasteiger partial charge in [0.2, 0.25) is 5.91 Å². The van der Waals surface area contributed by atoms with Crippen molar-refractivity contribution in [2.75, 3.05) is 11.9 Å². The van der Waals surface area contributed by atoms with E-state index in [9.17, 15) is 9.59 Å². The number of anilines is 1. The van der Waals surface area contributed by atoms with Crippen molar-refractivity contribution in [3.8, 4) is 0 Å². The van der Waals surface area contributed by atoms with Crippen LogP contribution in [0.3, 0.4) is 0 Å². The van der Waals surface area contributed by atoms with Crippen LogP contribution in [0.4, 0.5) is 9.93 Å². The molecule has 2 rings (SSSR count). The number of nitrogens with one attached hydrogen (secondary N) is 3. The molecule has 0 aliphatic heterocycles. The first-order valence-corrected chi connectivity index (χ1v) is 7.07. The highest BCUT2D eigenvalue weighted by molar-refractivity contribution is 7.13. The van der Waals surface area contributed by atoms with E-state index >= 15 is 0 Å². The average molecular weight is 309 g/mol. The summed E-state index contributed by atoms with van der Waals surface area (Å²) < 4.78 is 1.61. The molecule has 0 aliphatic rings. The van der Waals surface area contributed by atoms with Gasteiger partial charge in [0.15, 0.2) is 5.13 Å². The highest BCUT2D eigenvalue weighted by atomic mass is 32.1.